The Balaban J connectivity index is 1.48. The van der Waals surface area contributed by atoms with E-state index in [2.05, 4.69) is 47.3 Å². The van der Waals surface area contributed by atoms with Crippen LogP contribution in [-0.2, 0) is 17.6 Å². The fourth-order valence-corrected chi connectivity index (χ4v) is 4.83. The minimum Gasteiger partial charge on any atom is -0.497 e. The second-order valence-electron chi connectivity index (χ2n) is 8.38. The smallest absolute Gasteiger partial charge is 0.267 e. The van der Waals surface area contributed by atoms with E-state index in [0.29, 0.717) is 6.04 Å². The highest BCUT2D eigenvalue weighted by Gasteiger charge is 2.27. The Morgan fingerprint density at radius 2 is 2.16 bits per heavy atom. The number of aryl methyl sites for hydroxylation is 1. The molecule has 0 aliphatic heterocycles. The van der Waals surface area contributed by atoms with E-state index in [1.165, 1.54) is 28.2 Å². The summed E-state index contributed by atoms with van der Waals surface area (Å²) in [6.07, 6.45) is 6.67. The fourth-order valence-electron chi connectivity index (χ4n) is 4.83. The van der Waals surface area contributed by atoms with Gasteiger partial charge in [0.1, 0.15) is 5.75 Å². The van der Waals surface area contributed by atoms with Crippen molar-refractivity contribution < 1.29 is 14.7 Å². The molecule has 0 saturated carbocycles. The van der Waals surface area contributed by atoms with Crippen molar-refractivity contribution in [2.75, 3.05) is 20.2 Å². The summed E-state index contributed by atoms with van der Waals surface area (Å²) in [6, 6.07) is 13.1. The first-order chi connectivity index (χ1) is 15.5. The van der Waals surface area contributed by atoms with Gasteiger partial charge in [-0.2, -0.15) is 0 Å². The zero-order valence-corrected chi connectivity index (χ0v) is 18.9. The van der Waals surface area contributed by atoms with Crippen LogP contribution in [0.1, 0.15) is 48.6 Å². The van der Waals surface area contributed by atoms with Gasteiger partial charge in [-0.05, 0) is 72.7 Å². The van der Waals surface area contributed by atoms with Gasteiger partial charge in [-0.25, -0.2) is 5.48 Å². The average molecular weight is 434 g/mol. The molecule has 0 radical (unpaired) electrons. The molecule has 1 heterocycles. The molecule has 2 aromatic carbocycles. The van der Waals surface area contributed by atoms with Crippen LogP contribution >= 0.6 is 0 Å². The van der Waals surface area contributed by atoms with E-state index >= 15 is 0 Å². The quantitative estimate of drug-likeness (QED) is 0.275. The molecule has 1 atom stereocenters. The van der Waals surface area contributed by atoms with Crippen molar-refractivity contribution in [3.05, 3.63) is 70.9 Å². The predicted molar refractivity (Wildman–Crippen MR) is 127 cm³/mol. The number of carbonyl (C=O) groups is 1. The highest BCUT2D eigenvalue weighted by molar-refractivity contribution is 5.94. The lowest BCUT2D eigenvalue weighted by Crippen LogP contribution is -2.29. The summed E-state index contributed by atoms with van der Waals surface area (Å²) in [7, 11) is 1.69. The molecule has 1 aliphatic carbocycles. The maximum atomic E-state index is 11.4. The number of rotatable bonds is 8. The number of hydroxylamine groups is 1. The molecule has 32 heavy (non-hydrogen) atoms. The number of aromatic nitrogens is 1. The Morgan fingerprint density at radius 1 is 1.31 bits per heavy atom. The molecule has 3 N–H and O–H groups in total. The van der Waals surface area contributed by atoms with Gasteiger partial charge < -0.3 is 9.72 Å². The Labute approximate surface area is 188 Å². The van der Waals surface area contributed by atoms with Crippen LogP contribution < -0.4 is 10.2 Å². The zero-order chi connectivity index (χ0) is 22.7. The largest absolute Gasteiger partial charge is 0.497 e. The van der Waals surface area contributed by atoms with Crippen molar-refractivity contribution in [2.24, 2.45) is 0 Å². The number of nitrogens with zero attached hydrogens (tertiary/aromatic N) is 1. The molecule has 0 saturated heterocycles. The molecular weight excluding hydrogens is 402 g/mol. The van der Waals surface area contributed by atoms with Gasteiger partial charge in [0.2, 0.25) is 0 Å². The van der Waals surface area contributed by atoms with Gasteiger partial charge in [0.25, 0.3) is 5.91 Å². The van der Waals surface area contributed by atoms with Crippen molar-refractivity contribution in [1.82, 2.24) is 15.4 Å². The topological polar surface area (TPSA) is 77.6 Å². The highest BCUT2D eigenvalue weighted by atomic mass is 16.5. The lowest BCUT2D eigenvalue weighted by Gasteiger charge is -2.28. The number of benzene rings is 2. The van der Waals surface area contributed by atoms with Gasteiger partial charge in [-0.3, -0.25) is 14.9 Å². The molecule has 4 rings (SSSR count). The van der Waals surface area contributed by atoms with E-state index in [1.54, 1.807) is 12.6 Å². The maximum Gasteiger partial charge on any atom is 0.267 e. The maximum absolute atomic E-state index is 11.4. The van der Waals surface area contributed by atoms with Gasteiger partial charge in [0, 0.05) is 41.8 Å². The molecule has 0 fully saturated rings. The number of amides is 1. The summed E-state index contributed by atoms with van der Waals surface area (Å²) in [6.45, 7) is 6.11. The molecule has 0 bridgehead atoms. The number of aromatic amines is 1. The molecule has 1 amide bonds. The lowest BCUT2D eigenvalue weighted by molar-refractivity contribution is -0.124. The number of fused-ring (bicyclic) bond motifs is 2. The van der Waals surface area contributed by atoms with Crippen LogP contribution in [0, 0.1) is 0 Å². The van der Waals surface area contributed by atoms with Crippen LogP contribution in [0.3, 0.4) is 0 Å². The molecule has 0 spiro atoms. The molecule has 1 aromatic heterocycles. The minimum atomic E-state index is -0.506. The Bertz CT molecular complexity index is 1150. The first-order valence-corrected chi connectivity index (χ1v) is 11.2. The first-order valence-electron chi connectivity index (χ1n) is 11.2. The van der Waals surface area contributed by atoms with Crippen LogP contribution in [-0.4, -0.2) is 41.2 Å². The summed E-state index contributed by atoms with van der Waals surface area (Å²) in [4.78, 5) is 17.4. The van der Waals surface area contributed by atoms with E-state index in [0.717, 1.165) is 54.8 Å². The van der Waals surface area contributed by atoms with Gasteiger partial charge >= 0.3 is 0 Å². The number of likely N-dealkylation sites (N-methyl/N-ethyl adjacent to an activating group) is 1. The number of H-pyrrole nitrogens is 1. The normalized spacial score (nSPS) is 15.9. The third-order valence-electron chi connectivity index (χ3n) is 6.59. The third kappa shape index (κ3) is 4.42. The third-order valence-corrected chi connectivity index (χ3v) is 6.59. The number of methoxy groups -OCH3 is 1. The predicted octanol–water partition coefficient (Wildman–Crippen LogP) is 4.64. The Hall–Kier alpha value is -3.09. The summed E-state index contributed by atoms with van der Waals surface area (Å²) < 4.78 is 5.33. The average Bonchev–Trinajstić information content (AvgIpc) is 3.42. The molecule has 3 aromatic rings. The minimum absolute atomic E-state index is 0.416. The molecular formula is C26H31N3O3. The van der Waals surface area contributed by atoms with Crippen molar-refractivity contribution >= 4 is 22.4 Å². The standard InChI is InChI=1S/C26H31N3O3/c1-4-29(12-11-20-16-27-24-15-21(32-3)7-9-22(20)24)25-10-6-19-14-18(5-8-23(19)25)17(2)13-26(30)28-31/h5,7-9,13-16,25,27,31H,4,6,10-12H2,1-3H3,(H,28,30)/b17-13+. The van der Waals surface area contributed by atoms with Crippen LogP contribution in [0.15, 0.2) is 48.7 Å². The van der Waals surface area contributed by atoms with Gasteiger partial charge in [-0.1, -0.05) is 25.1 Å². The molecule has 6 heteroatoms. The number of allylic oxidation sites excluding steroid dienone is 1. The molecule has 1 aliphatic rings. The fraction of sp³-hybridized carbons (Fsp3) is 0.346. The Kier molecular flexibility index (Phi) is 6.63. The van der Waals surface area contributed by atoms with E-state index < -0.39 is 5.91 Å². The number of hydrogen-bond donors (Lipinski definition) is 3. The van der Waals surface area contributed by atoms with Crippen LogP contribution in [0.5, 0.6) is 5.75 Å². The van der Waals surface area contributed by atoms with E-state index in [4.69, 9.17) is 9.94 Å². The second kappa shape index (κ2) is 9.59. The first kappa shape index (κ1) is 22.1. The number of carbonyl (C=O) groups excluding carboxylic acids is 1. The monoisotopic (exact) mass is 433 g/mol. The molecule has 168 valence electrons. The summed E-state index contributed by atoms with van der Waals surface area (Å²) >= 11 is 0. The number of hydrogen-bond acceptors (Lipinski definition) is 4. The summed E-state index contributed by atoms with van der Waals surface area (Å²) in [5, 5.41) is 10.0. The van der Waals surface area contributed by atoms with E-state index in [9.17, 15) is 4.79 Å². The molecule has 1 unspecified atom stereocenters. The van der Waals surface area contributed by atoms with Crippen molar-refractivity contribution in [1.29, 1.82) is 0 Å². The van der Waals surface area contributed by atoms with Gasteiger partial charge in [0.05, 0.1) is 7.11 Å². The van der Waals surface area contributed by atoms with Crippen LogP contribution in [0.4, 0.5) is 0 Å². The second-order valence-corrected chi connectivity index (χ2v) is 8.38. The SMILES string of the molecule is CCN(CCc1c[nH]c2cc(OC)ccc12)C1CCc2cc(/C(C)=C/C(=O)NO)ccc21. The summed E-state index contributed by atoms with van der Waals surface area (Å²) in [5.41, 5.74) is 8.70. The molecule has 6 nitrogen and oxygen atoms in total. The van der Waals surface area contributed by atoms with Gasteiger partial charge in [0.15, 0.2) is 0 Å². The van der Waals surface area contributed by atoms with Gasteiger partial charge in [-0.15, -0.1) is 0 Å². The van der Waals surface area contributed by atoms with Crippen molar-refractivity contribution in [3.8, 4) is 5.75 Å². The van der Waals surface area contributed by atoms with Crippen molar-refractivity contribution in [2.45, 2.75) is 39.2 Å². The highest BCUT2D eigenvalue weighted by Crippen LogP contribution is 2.37. The van der Waals surface area contributed by atoms with Crippen molar-refractivity contribution in [3.63, 3.8) is 0 Å². The Morgan fingerprint density at radius 3 is 2.91 bits per heavy atom. The lowest BCUT2D eigenvalue weighted by atomic mass is 9.99. The van der Waals surface area contributed by atoms with Crippen LogP contribution in [0.2, 0.25) is 0 Å². The van der Waals surface area contributed by atoms with E-state index in [-0.39, 0.29) is 0 Å². The van der Waals surface area contributed by atoms with E-state index in [1.807, 2.05) is 19.1 Å². The summed E-state index contributed by atoms with van der Waals surface area (Å²) in [5.74, 6) is 0.360. The zero-order valence-electron chi connectivity index (χ0n) is 18.9. The number of ether oxygens (including phenoxy) is 1. The number of nitrogens with one attached hydrogen (secondary N) is 2. The van der Waals surface area contributed by atoms with Crippen LogP contribution in [0.25, 0.3) is 16.5 Å².